The van der Waals surface area contributed by atoms with E-state index in [1.807, 2.05) is 24.0 Å². The summed E-state index contributed by atoms with van der Waals surface area (Å²) < 4.78 is 23.5. The third-order valence-corrected chi connectivity index (χ3v) is 5.90. The van der Waals surface area contributed by atoms with Crippen LogP contribution in [0.1, 0.15) is 13.3 Å². The Kier molecular flexibility index (Phi) is 4.86. The number of sulfone groups is 1. The molecule has 0 radical (unpaired) electrons. The molecule has 0 amide bonds. The molecular formula is C15H18ClN5O2S. The van der Waals surface area contributed by atoms with Gasteiger partial charge in [0.25, 0.3) is 0 Å². The number of benzene rings is 1. The van der Waals surface area contributed by atoms with E-state index in [1.54, 1.807) is 18.3 Å². The highest BCUT2D eigenvalue weighted by Crippen LogP contribution is 2.24. The van der Waals surface area contributed by atoms with Gasteiger partial charge in [-0.1, -0.05) is 17.7 Å². The molecule has 1 N–H and O–H groups in total. The molecule has 7 nitrogen and oxygen atoms in total. The van der Waals surface area contributed by atoms with E-state index in [0.717, 1.165) is 5.69 Å². The molecule has 9 heteroatoms. The average molecular weight is 368 g/mol. The van der Waals surface area contributed by atoms with Gasteiger partial charge in [-0.25, -0.2) is 8.42 Å². The molecule has 1 saturated heterocycles. The molecule has 3 rings (SSSR count). The topological polar surface area (TPSA) is 88.1 Å². The van der Waals surface area contributed by atoms with Crippen molar-refractivity contribution in [2.45, 2.75) is 19.4 Å². The van der Waals surface area contributed by atoms with Crippen LogP contribution in [-0.4, -0.2) is 47.7 Å². The first kappa shape index (κ1) is 16.9. The van der Waals surface area contributed by atoms with Gasteiger partial charge in [-0.15, -0.1) is 5.10 Å². The van der Waals surface area contributed by atoms with Gasteiger partial charge in [-0.3, -0.25) is 0 Å². The first-order chi connectivity index (χ1) is 11.5. The number of aromatic nitrogens is 3. The smallest absolute Gasteiger partial charge is 0.249 e. The largest absolute Gasteiger partial charge is 0.351 e. The molecule has 2 heterocycles. The fraction of sp³-hybridized carbons (Fsp3) is 0.400. The van der Waals surface area contributed by atoms with Gasteiger partial charge in [0.15, 0.2) is 15.7 Å². The number of halogens is 1. The van der Waals surface area contributed by atoms with Crippen molar-refractivity contribution in [3.05, 3.63) is 35.5 Å². The molecular weight excluding hydrogens is 350 g/mol. The Morgan fingerprint density at radius 3 is 2.92 bits per heavy atom. The van der Waals surface area contributed by atoms with Crippen molar-refractivity contribution in [3.8, 4) is 0 Å². The van der Waals surface area contributed by atoms with Crippen LogP contribution in [0.2, 0.25) is 5.02 Å². The van der Waals surface area contributed by atoms with Crippen LogP contribution in [0.4, 0.5) is 17.5 Å². The summed E-state index contributed by atoms with van der Waals surface area (Å²) in [5.41, 5.74) is 0.757. The Hall–Kier alpha value is -1.93. The number of hydrogen-bond acceptors (Lipinski definition) is 7. The van der Waals surface area contributed by atoms with E-state index < -0.39 is 9.84 Å². The first-order valence-corrected chi connectivity index (χ1v) is 9.86. The van der Waals surface area contributed by atoms with Crippen LogP contribution >= 0.6 is 11.6 Å². The minimum atomic E-state index is -2.96. The minimum absolute atomic E-state index is 0.0734. The van der Waals surface area contributed by atoms with Gasteiger partial charge in [-0.05, 0) is 31.5 Å². The molecule has 1 aromatic carbocycles. The molecule has 128 valence electrons. The van der Waals surface area contributed by atoms with Crippen LogP contribution in [0.5, 0.6) is 0 Å². The number of hydrogen-bond donors (Lipinski definition) is 1. The highest BCUT2D eigenvalue weighted by molar-refractivity contribution is 7.91. The molecule has 1 aromatic heterocycles. The Bertz CT molecular complexity index is 830. The van der Waals surface area contributed by atoms with E-state index in [4.69, 9.17) is 11.6 Å². The third kappa shape index (κ3) is 3.93. The molecule has 1 unspecified atom stereocenters. The Morgan fingerprint density at radius 1 is 1.42 bits per heavy atom. The predicted octanol–water partition coefficient (Wildman–Crippen LogP) is 2.28. The van der Waals surface area contributed by atoms with Crippen LogP contribution in [0.25, 0.3) is 0 Å². The van der Waals surface area contributed by atoms with Crippen molar-refractivity contribution in [1.29, 1.82) is 0 Å². The highest BCUT2D eigenvalue weighted by atomic mass is 35.5. The molecule has 0 spiro atoms. The fourth-order valence-electron chi connectivity index (χ4n) is 2.81. The van der Waals surface area contributed by atoms with E-state index in [9.17, 15) is 8.42 Å². The molecule has 1 aliphatic heterocycles. The van der Waals surface area contributed by atoms with Crippen molar-refractivity contribution in [1.82, 2.24) is 15.2 Å². The van der Waals surface area contributed by atoms with Gasteiger partial charge >= 0.3 is 0 Å². The minimum Gasteiger partial charge on any atom is -0.351 e. The Labute approximate surface area is 146 Å². The van der Waals surface area contributed by atoms with Crippen molar-refractivity contribution >= 4 is 38.9 Å². The second-order valence-electron chi connectivity index (χ2n) is 5.62. The molecule has 2 aromatic rings. The number of nitrogens with zero attached hydrogens (tertiary/aromatic N) is 4. The van der Waals surface area contributed by atoms with Crippen LogP contribution in [0, 0.1) is 0 Å². The van der Waals surface area contributed by atoms with Crippen LogP contribution < -0.4 is 10.2 Å². The van der Waals surface area contributed by atoms with Gasteiger partial charge in [0.1, 0.15) is 0 Å². The van der Waals surface area contributed by atoms with Gasteiger partial charge in [-0.2, -0.15) is 10.1 Å². The Balaban J connectivity index is 1.81. The number of rotatable bonds is 5. The second kappa shape index (κ2) is 6.90. The van der Waals surface area contributed by atoms with Gasteiger partial charge in [0.05, 0.1) is 17.7 Å². The van der Waals surface area contributed by atoms with Crippen molar-refractivity contribution < 1.29 is 8.42 Å². The summed E-state index contributed by atoms with van der Waals surface area (Å²) in [6.45, 7) is 2.62. The summed E-state index contributed by atoms with van der Waals surface area (Å²) in [5, 5.41) is 11.6. The summed E-state index contributed by atoms with van der Waals surface area (Å²) in [6.07, 6.45) is 2.16. The van der Waals surface area contributed by atoms with E-state index in [2.05, 4.69) is 20.5 Å². The zero-order chi connectivity index (χ0) is 17.2. The van der Waals surface area contributed by atoms with E-state index in [-0.39, 0.29) is 17.5 Å². The summed E-state index contributed by atoms with van der Waals surface area (Å²) in [5.74, 6) is 1.33. The quantitative estimate of drug-likeness (QED) is 0.867. The Morgan fingerprint density at radius 2 is 2.25 bits per heavy atom. The lowest BCUT2D eigenvalue weighted by atomic mass is 10.2. The van der Waals surface area contributed by atoms with Crippen molar-refractivity contribution in [2.75, 3.05) is 28.3 Å². The molecule has 1 fully saturated rings. The zero-order valence-corrected chi connectivity index (χ0v) is 14.8. The molecule has 1 atom stereocenters. The molecule has 0 bridgehead atoms. The number of anilines is 3. The lowest BCUT2D eigenvalue weighted by molar-refractivity contribution is 0.599. The summed E-state index contributed by atoms with van der Waals surface area (Å²) in [4.78, 5) is 6.43. The maximum atomic E-state index is 11.7. The summed E-state index contributed by atoms with van der Waals surface area (Å²) >= 11 is 5.97. The van der Waals surface area contributed by atoms with Gasteiger partial charge in [0.2, 0.25) is 5.95 Å². The van der Waals surface area contributed by atoms with Crippen LogP contribution in [0.3, 0.4) is 0 Å². The van der Waals surface area contributed by atoms with Crippen LogP contribution in [0.15, 0.2) is 30.5 Å². The zero-order valence-electron chi connectivity index (χ0n) is 13.2. The monoisotopic (exact) mass is 367 g/mol. The molecule has 24 heavy (non-hydrogen) atoms. The van der Waals surface area contributed by atoms with E-state index >= 15 is 0 Å². The van der Waals surface area contributed by atoms with E-state index in [1.165, 1.54) is 0 Å². The van der Waals surface area contributed by atoms with Gasteiger partial charge in [0, 0.05) is 23.3 Å². The van der Waals surface area contributed by atoms with Gasteiger partial charge < -0.3 is 10.2 Å². The lowest BCUT2D eigenvalue weighted by Crippen LogP contribution is -2.37. The SMILES string of the molecule is CCN(c1cnnc(Nc2cccc(Cl)c2)n1)C1CCS(=O)(=O)C1. The standard InChI is InChI=1S/C15H18ClN5O2S/c1-2-21(13-6-7-24(22,23)10-13)14-9-17-20-15(19-14)18-12-5-3-4-11(16)8-12/h3-5,8-9,13H,2,6-7,10H2,1H3,(H,18,19,20). The highest BCUT2D eigenvalue weighted by Gasteiger charge is 2.32. The normalized spacial score (nSPS) is 19.2. The van der Waals surface area contributed by atoms with Crippen molar-refractivity contribution in [3.63, 3.8) is 0 Å². The number of nitrogens with one attached hydrogen (secondary N) is 1. The maximum absolute atomic E-state index is 11.7. The summed E-state index contributed by atoms with van der Waals surface area (Å²) in [7, 11) is -2.96. The molecule has 1 aliphatic rings. The molecule has 0 aliphatic carbocycles. The van der Waals surface area contributed by atoms with Crippen molar-refractivity contribution in [2.24, 2.45) is 0 Å². The summed E-state index contributed by atoms with van der Waals surface area (Å²) in [6, 6.07) is 7.14. The average Bonchev–Trinajstić information content (AvgIpc) is 2.88. The predicted molar refractivity (Wildman–Crippen MR) is 94.6 cm³/mol. The first-order valence-electron chi connectivity index (χ1n) is 7.66. The second-order valence-corrected chi connectivity index (χ2v) is 8.28. The van der Waals surface area contributed by atoms with Crippen LogP contribution in [-0.2, 0) is 9.84 Å². The lowest BCUT2D eigenvalue weighted by Gasteiger charge is -2.27. The fourth-order valence-corrected chi connectivity index (χ4v) is 4.73. The third-order valence-electron chi connectivity index (χ3n) is 3.91. The maximum Gasteiger partial charge on any atom is 0.249 e. The molecule has 0 saturated carbocycles. The van der Waals surface area contributed by atoms with E-state index in [0.29, 0.717) is 29.8 Å².